The van der Waals surface area contributed by atoms with Crippen LogP contribution in [0.15, 0.2) is 46.6 Å². The van der Waals surface area contributed by atoms with Crippen LogP contribution < -0.4 is 4.74 Å². The van der Waals surface area contributed by atoms with Gasteiger partial charge in [0.2, 0.25) is 0 Å². The Labute approximate surface area is 172 Å². The Hall–Kier alpha value is -2.11. The maximum atomic E-state index is 13.2. The Kier molecular flexibility index (Phi) is 4.14. The van der Waals surface area contributed by atoms with Gasteiger partial charge in [0.1, 0.15) is 17.3 Å². The van der Waals surface area contributed by atoms with Gasteiger partial charge in [-0.3, -0.25) is 4.79 Å². The SMILES string of the molecule is Cc1cc(Oc2ccc(Br)cc2)cc(C)c1C1=C(O)[C@@H]2C3CCC(O3)C2C1=O. The predicted molar refractivity (Wildman–Crippen MR) is 110 cm³/mol. The van der Waals surface area contributed by atoms with E-state index in [-0.39, 0.29) is 35.6 Å². The van der Waals surface area contributed by atoms with Crippen LogP contribution in [-0.2, 0) is 9.53 Å². The zero-order valence-electron chi connectivity index (χ0n) is 15.7. The molecule has 2 saturated heterocycles. The fourth-order valence-corrected chi connectivity index (χ4v) is 5.35. The first kappa shape index (κ1) is 18.0. The van der Waals surface area contributed by atoms with Crippen LogP contribution in [0.3, 0.4) is 0 Å². The third kappa shape index (κ3) is 2.64. The number of hydrogen-bond donors (Lipinski definition) is 1. The maximum Gasteiger partial charge on any atom is 0.173 e. The van der Waals surface area contributed by atoms with Crippen LogP contribution in [-0.4, -0.2) is 23.1 Å². The molecule has 0 radical (unpaired) electrons. The monoisotopic (exact) mass is 440 g/mol. The molecule has 2 bridgehead atoms. The summed E-state index contributed by atoms with van der Waals surface area (Å²) in [5.74, 6) is 1.33. The van der Waals surface area contributed by atoms with Crippen molar-refractivity contribution in [3.05, 3.63) is 63.3 Å². The minimum Gasteiger partial charge on any atom is -0.511 e. The van der Waals surface area contributed by atoms with Gasteiger partial charge in [0.05, 0.1) is 29.6 Å². The number of allylic oxidation sites excluding steroid dienone is 1. The van der Waals surface area contributed by atoms with E-state index in [1.165, 1.54) is 0 Å². The summed E-state index contributed by atoms with van der Waals surface area (Å²) in [5, 5.41) is 10.9. The largest absolute Gasteiger partial charge is 0.511 e. The zero-order valence-corrected chi connectivity index (χ0v) is 17.3. The molecule has 0 saturated carbocycles. The average molecular weight is 441 g/mol. The van der Waals surface area contributed by atoms with Crippen molar-refractivity contribution in [1.29, 1.82) is 0 Å². The van der Waals surface area contributed by atoms with Crippen molar-refractivity contribution in [1.82, 2.24) is 0 Å². The van der Waals surface area contributed by atoms with Gasteiger partial charge in [0.25, 0.3) is 0 Å². The fourth-order valence-electron chi connectivity index (χ4n) is 5.08. The molecule has 2 aliphatic heterocycles. The van der Waals surface area contributed by atoms with Crippen LogP contribution in [0, 0.1) is 25.7 Å². The normalized spacial score (nSPS) is 28.2. The molecule has 1 N–H and O–H groups in total. The first-order chi connectivity index (χ1) is 13.4. The average Bonchev–Trinajstić information content (AvgIpc) is 3.33. The second-order valence-corrected chi connectivity index (χ2v) is 8.87. The highest BCUT2D eigenvalue weighted by Crippen LogP contribution is 2.54. The number of halogens is 1. The van der Waals surface area contributed by atoms with E-state index in [1.807, 2.05) is 50.2 Å². The molecule has 0 aromatic heterocycles. The number of aryl methyl sites for hydroxylation is 2. The second-order valence-electron chi connectivity index (χ2n) is 7.95. The third-order valence-electron chi connectivity index (χ3n) is 6.20. The maximum absolute atomic E-state index is 13.2. The quantitative estimate of drug-likeness (QED) is 0.683. The predicted octanol–water partition coefficient (Wildman–Crippen LogP) is 5.50. The second kappa shape index (κ2) is 6.46. The van der Waals surface area contributed by atoms with Crippen LogP contribution in [0.4, 0.5) is 0 Å². The number of ether oxygens (including phenoxy) is 2. The molecule has 3 aliphatic rings. The zero-order chi connectivity index (χ0) is 19.6. The molecule has 28 heavy (non-hydrogen) atoms. The molecular formula is C23H21BrO4. The Morgan fingerprint density at radius 3 is 2.21 bits per heavy atom. The van der Waals surface area contributed by atoms with E-state index in [0.717, 1.165) is 45.5 Å². The minimum absolute atomic E-state index is 0.0166. The number of Topliss-reactive ketones (excluding diaryl/α,β-unsaturated/α-hetero) is 1. The van der Waals surface area contributed by atoms with Gasteiger partial charge in [-0.2, -0.15) is 0 Å². The standard InChI is InChI=1S/C23H21BrO4/c1-11-9-15(27-14-5-3-13(24)4-6-14)10-12(2)18(11)21-22(25)19-16-7-8-17(28-16)20(19)23(21)26/h3-6,9-10,16-17,19-20,25H,7-8H2,1-2H3/t16?,17?,19-,20?/m1/s1. The van der Waals surface area contributed by atoms with E-state index in [9.17, 15) is 9.90 Å². The summed E-state index contributed by atoms with van der Waals surface area (Å²) in [7, 11) is 0. The molecule has 5 heteroatoms. The van der Waals surface area contributed by atoms with Gasteiger partial charge >= 0.3 is 0 Å². The van der Waals surface area contributed by atoms with Crippen LogP contribution in [0.2, 0.25) is 0 Å². The number of aliphatic hydroxyl groups excluding tert-OH is 1. The van der Waals surface area contributed by atoms with Gasteiger partial charge < -0.3 is 14.6 Å². The van der Waals surface area contributed by atoms with Crippen molar-refractivity contribution in [2.75, 3.05) is 0 Å². The van der Waals surface area contributed by atoms with Gasteiger partial charge in [-0.05, 0) is 79.8 Å². The highest BCUT2D eigenvalue weighted by atomic mass is 79.9. The summed E-state index contributed by atoms with van der Waals surface area (Å²) < 4.78 is 12.9. The number of carbonyl (C=O) groups is 1. The highest BCUT2D eigenvalue weighted by Gasteiger charge is 2.59. The Balaban J connectivity index is 1.51. The number of benzene rings is 2. The van der Waals surface area contributed by atoms with Crippen LogP contribution in [0.5, 0.6) is 11.5 Å². The van der Waals surface area contributed by atoms with Crippen molar-refractivity contribution in [3.8, 4) is 11.5 Å². The molecule has 2 heterocycles. The molecule has 5 rings (SSSR count). The number of rotatable bonds is 3. The molecule has 3 unspecified atom stereocenters. The number of hydrogen-bond acceptors (Lipinski definition) is 4. The molecule has 144 valence electrons. The number of fused-ring (bicyclic) bond motifs is 5. The molecule has 0 spiro atoms. The third-order valence-corrected chi connectivity index (χ3v) is 6.73. The summed E-state index contributed by atoms with van der Waals surface area (Å²) in [5.41, 5.74) is 3.17. The topological polar surface area (TPSA) is 55.8 Å². The Bertz CT molecular complexity index is 985. The highest BCUT2D eigenvalue weighted by molar-refractivity contribution is 9.10. The lowest BCUT2D eigenvalue weighted by molar-refractivity contribution is -0.118. The van der Waals surface area contributed by atoms with Crippen molar-refractivity contribution in [2.24, 2.45) is 11.8 Å². The Morgan fingerprint density at radius 1 is 1.00 bits per heavy atom. The van der Waals surface area contributed by atoms with Gasteiger partial charge in [0, 0.05) is 4.47 Å². The van der Waals surface area contributed by atoms with Gasteiger partial charge in [-0.1, -0.05) is 15.9 Å². The smallest absolute Gasteiger partial charge is 0.173 e. The first-order valence-electron chi connectivity index (χ1n) is 9.62. The molecule has 2 fully saturated rings. The van der Waals surface area contributed by atoms with E-state index < -0.39 is 0 Å². The number of ketones is 1. The van der Waals surface area contributed by atoms with Crippen LogP contribution in [0.25, 0.3) is 5.57 Å². The van der Waals surface area contributed by atoms with E-state index in [4.69, 9.17) is 9.47 Å². The van der Waals surface area contributed by atoms with Crippen molar-refractivity contribution in [2.45, 2.75) is 38.9 Å². The van der Waals surface area contributed by atoms with E-state index >= 15 is 0 Å². The van der Waals surface area contributed by atoms with Gasteiger partial charge in [-0.15, -0.1) is 0 Å². The summed E-state index contributed by atoms with van der Waals surface area (Å²) in [6.07, 6.45) is 1.78. The Morgan fingerprint density at radius 2 is 1.61 bits per heavy atom. The van der Waals surface area contributed by atoms with Gasteiger partial charge in [0.15, 0.2) is 5.78 Å². The van der Waals surface area contributed by atoms with Gasteiger partial charge in [-0.25, -0.2) is 0 Å². The molecule has 2 aromatic rings. The molecule has 1 aliphatic carbocycles. The minimum atomic E-state index is -0.216. The van der Waals surface area contributed by atoms with Crippen molar-refractivity contribution in [3.63, 3.8) is 0 Å². The molecule has 2 aromatic carbocycles. The molecule has 4 atom stereocenters. The lowest BCUT2D eigenvalue weighted by atomic mass is 9.80. The lowest BCUT2D eigenvalue weighted by Crippen LogP contribution is -2.29. The summed E-state index contributed by atoms with van der Waals surface area (Å²) in [6, 6.07) is 11.5. The summed E-state index contributed by atoms with van der Waals surface area (Å²) >= 11 is 3.42. The number of aliphatic hydroxyl groups is 1. The number of carbonyl (C=O) groups excluding carboxylic acids is 1. The van der Waals surface area contributed by atoms with Crippen molar-refractivity contribution >= 4 is 27.3 Å². The lowest BCUT2D eigenvalue weighted by Gasteiger charge is -2.19. The summed E-state index contributed by atoms with van der Waals surface area (Å²) in [6.45, 7) is 3.92. The van der Waals surface area contributed by atoms with E-state index in [0.29, 0.717) is 5.57 Å². The fraction of sp³-hybridized carbons (Fsp3) is 0.348. The van der Waals surface area contributed by atoms with Crippen molar-refractivity contribution < 1.29 is 19.4 Å². The first-order valence-corrected chi connectivity index (χ1v) is 10.4. The van der Waals surface area contributed by atoms with E-state index in [1.54, 1.807) is 0 Å². The summed E-state index contributed by atoms with van der Waals surface area (Å²) in [4.78, 5) is 13.2. The molecule has 0 amide bonds. The molecular weight excluding hydrogens is 420 g/mol. The molecule has 4 nitrogen and oxygen atoms in total. The van der Waals surface area contributed by atoms with Crippen LogP contribution >= 0.6 is 15.9 Å². The van der Waals surface area contributed by atoms with Crippen LogP contribution in [0.1, 0.15) is 29.5 Å². The van der Waals surface area contributed by atoms with E-state index in [2.05, 4.69) is 15.9 Å².